The second-order valence-corrected chi connectivity index (χ2v) is 5.24. The van der Waals surface area contributed by atoms with Gasteiger partial charge >= 0.3 is 6.18 Å². The molecule has 2 rings (SSSR count). The van der Waals surface area contributed by atoms with Gasteiger partial charge in [0.2, 0.25) is 5.91 Å². The van der Waals surface area contributed by atoms with Gasteiger partial charge in [0.25, 0.3) is 0 Å². The first-order valence-corrected chi connectivity index (χ1v) is 6.93. The lowest BCUT2D eigenvalue weighted by Gasteiger charge is -2.07. The number of hydrogen-bond acceptors (Lipinski definition) is 3. The molecule has 1 fully saturated rings. The highest BCUT2D eigenvalue weighted by Crippen LogP contribution is 2.46. The largest absolute Gasteiger partial charge is 0.436 e. The van der Waals surface area contributed by atoms with Crippen LogP contribution in [0.15, 0.2) is 0 Å². The molecule has 0 spiro atoms. The molecule has 1 aromatic heterocycles. The Morgan fingerprint density at radius 1 is 1.48 bits per heavy atom. The second kappa shape index (κ2) is 6.23. The fourth-order valence-corrected chi connectivity index (χ4v) is 2.44. The van der Waals surface area contributed by atoms with E-state index >= 15 is 0 Å². The SMILES string of the molecule is O=C(CCn1nc(C(F)(F)F)c(Cl)c1C1CC1)NCCO. The van der Waals surface area contributed by atoms with E-state index < -0.39 is 11.9 Å². The number of aliphatic hydroxyl groups excluding tert-OH is 1. The molecule has 0 unspecified atom stereocenters. The number of carbonyl (C=O) groups is 1. The van der Waals surface area contributed by atoms with E-state index in [9.17, 15) is 18.0 Å². The van der Waals surface area contributed by atoms with Crippen molar-refractivity contribution < 1.29 is 23.1 Å². The van der Waals surface area contributed by atoms with Crippen LogP contribution in [0.25, 0.3) is 0 Å². The predicted molar refractivity (Wildman–Crippen MR) is 68.9 cm³/mol. The molecule has 2 N–H and O–H groups in total. The smallest absolute Gasteiger partial charge is 0.395 e. The normalized spacial score (nSPS) is 15.3. The van der Waals surface area contributed by atoms with Crippen molar-refractivity contribution in [2.75, 3.05) is 13.2 Å². The molecule has 0 radical (unpaired) electrons. The summed E-state index contributed by atoms with van der Waals surface area (Å²) in [6.45, 7) is -0.0498. The maximum Gasteiger partial charge on any atom is 0.436 e. The summed E-state index contributed by atoms with van der Waals surface area (Å²) in [6, 6.07) is 0. The third-order valence-corrected chi connectivity index (χ3v) is 3.52. The summed E-state index contributed by atoms with van der Waals surface area (Å²) >= 11 is 5.81. The van der Waals surface area contributed by atoms with Crippen LogP contribution in [0.1, 0.15) is 36.6 Å². The monoisotopic (exact) mass is 325 g/mol. The average molecular weight is 326 g/mol. The minimum absolute atomic E-state index is 0.0124. The van der Waals surface area contributed by atoms with Crippen LogP contribution in [0, 0.1) is 0 Å². The van der Waals surface area contributed by atoms with Crippen molar-refractivity contribution in [2.24, 2.45) is 0 Å². The lowest BCUT2D eigenvalue weighted by atomic mass is 10.2. The standard InChI is InChI=1S/C12H15ClF3N3O2/c13-9-10(7-1-2-7)19(18-11(9)12(14,15)16)5-3-8(21)17-4-6-20/h7,20H,1-6H2,(H,17,21). The van der Waals surface area contributed by atoms with Gasteiger partial charge in [-0.25, -0.2) is 0 Å². The highest BCUT2D eigenvalue weighted by atomic mass is 35.5. The first-order valence-electron chi connectivity index (χ1n) is 6.55. The van der Waals surface area contributed by atoms with Crippen molar-refractivity contribution >= 4 is 17.5 Å². The van der Waals surface area contributed by atoms with E-state index in [0.717, 1.165) is 12.8 Å². The third kappa shape index (κ3) is 3.88. The molecule has 1 aromatic rings. The lowest BCUT2D eigenvalue weighted by molar-refractivity contribution is -0.141. The Morgan fingerprint density at radius 2 is 2.14 bits per heavy atom. The number of aromatic nitrogens is 2. The van der Waals surface area contributed by atoms with Crippen LogP contribution < -0.4 is 5.32 Å². The number of alkyl halides is 3. The van der Waals surface area contributed by atoms with Gasteiger partial charge in [0.1, 0.15) is 0 Å². The number of nitrogens with one attached hydrogen (secondary N) is 1. The number of carbonyl (C=O) groups excluding carboxylic acids is 1. The van der Waals surface area contributed by atoms with Crippen LogP contribution in [0.2, 0.25) is 5.02 Å². The van der Waals surface area contributed by atoms with Gasteiger partial charge in [0.15, 0.2) is 5.69 Å². The fraction of sp³-hybridized carbons (Fsp3) is 0.667. The molecule has 0 atom stereocenters. The molecule has 21 heavy (non-hydrogen) atoms. The zero-order valence-electron chi connectivity index (χ0n) is 11.1. The summed E-state index contributed by atoms with van der Waals surface area (Å²) in [6.07, 6.45) is -3.07. The molecular weight excluding hydrogens is 311 g/mol. The Bertz CT molecular complexity index is 527. The molecule has 0 bridgehead atoms. The Hall–Kier alpha value is -1.28. The van der Waals surface area contributed by atoms with Gasteiger partial charge in [-0.05, 0) is 12.8 Å². The van der Waals surface area contributed by atoms with Crippen molar-refractivity contribution in [1.29, 1.82) is 0 Å². The average Bonchev–Trinajstić information content (AvgIpc) is 3.17. The Kier molecular flexibility index (Phi) is 4.77. The summed E-state index contributed by atoms with van der Waals surface area (Å²) in [5.41, 5.74) is -0.735. The lowest BCUT2D eigenvalue weighted by Crippen LogP contribution is -2.27. The van der Waals surface area contributed by atoms with Crippen molar-refractivity contribution in [1.82, 2.24) is 15.1 Å². The van der Waals surface area contributed by atoms with Gasteiger partial charge < -0.3 is 10.4 Å². The molecule has 0 saturated heterocycles. The molecule has 1 saturated carbocycles. The van der Waals surface area contributed by atoms with Crippen LogP contribution in [0.4, 0.5) is 13.2 Å². The molecule has 5 nitrogen and oxygen atoms in total. The number of aliphatic hydroxyl groups is 1. The summed E-state index contributed by atoms with van der Waals surface area (Å²) < 4.78 is 39.7. The Labute approximate surface area is 124 Å². The fourth-order valence-electron chi connectivity index (χ4n) is 2.04. The van der Waals surface area contributed by atoms with E-state index in [-0.39, 0.29) is 43.0 Å². The number of amides is 1. The minimum Gasteiger partial charge on any atom is -0.395 e. The van der Waals surface area contributed by atoms with Gasteiger partial charge in [0.05, 0.1) is 23.9 Å². The van der Waals surface area contributed by atoms with Crippen LogP contribution in [0.3, 0.4) is 0 Å². The molecule has 1 aliphatic rings. The van der Waals surface area contributed by atoms with Crippen LogP contribution in [-0.2, 0) is 17.5 Å². The van der Waals surface area contributed by atoms with E-state index in [0.29, 0.717) is 5.69 Å². The topological polar surface area (TPSA) is 67.2 Å². The third-order valence-electron chi connectivity index (χ3n) is 3.15. The number of halogens is 4. The van der Waals surface area contributed by atoms with E-state index in [1.54, 1.807) is 0 Å². The Morgan fingerprint density at radius 3 is 2.67 bits per heavy atom. The number of aryl methyl sites for hydroxylation is 1. The maximum absolute atomic E-state index is 12.8. The van der Waals surface area contributed by atoms with Gasteiger partial charge in [-0.1, -0.05) is 11.6 Å². The number of hydrogen-bond donors (Lipinski definition) is 2. The molecule has 118 valence electrons. The van der Waals surface area contributed by atoms with Gasteiger partial charge in [0, 0.05) is 18.9 Å². The molecule has 0 aliphatic heterocycles. The van der Waals surface area contributed by atoms with Gasteiger partial charge in [-0.15, -0.1) is 0 Å². The van der Waals surface area contributed by atoms with Crippen molar-refractivity contribution in [2.45, 2.75) is 37.9 Å². The van der Waals surface area contributed by atoms with E-state index in [1.807, 2.05) is 0 Å². The zero-order valence-corrected chi connectivity index (χ0v) is 11.8. The van der Waals surface area contributed by atoms with Crippen molar-refractivity contribution in [3.05, 3.63) is 16.4 Å². The van der Waals surface area contributed by atoms with Crippen molar-refractivity contribution in [3.63, 3.8) is 0 Å². The minimum atomic E-state index is -4.61. The molecule has 1 heterocycles. The van der Waals surface area contributed by atoms with Crippen molar-refractivity contribution in [3.8, 4) is 0 Å². The first kappa shape index (κ1) is 16.1. The molecule has 9 heteroatoms. The summed E-state index contributed by atoms with van der Waals surface area (Å²) in [4.78, 5) is 11.4. The summed E-state index contributed by atoms with van der Waals surface area (Å²) in [7, 11) is 0. The second-order valence-electron chi connectivity index (χ2n) is 4.87. The quantitative estimate of drug-likeness (QED) is 0.840. The highest BCUT2D eigenvalue weighted by molar-refractivity contribution is 6.32. The number of rotatable bonds is 6. The van der Waals surface area contributed by atoms with E-state index in [2.05, 4.69) is 10.4 Å². The summed E-state index contributed by atoms with van der Waals surface area (Å²) in [5, 5.41) is 14.2. The van der Waals surface area contributed by atoms with Crippen LogP contribution >= 0.6 is 11.6 Å². The summed E-state index contributed by atoms with van der Waals surface area (Å²) in [5.74, 6) is -0.368. The van der Waals surface area contributed by atoms with Crippen LogP contribution in [-0.4, -0.2) is 33.9 Å². The molecule has 1 aliphatic carbocycles. The maximum atomic E-state index is 12.8. The highest BCUT2D eigenvalue weighted by Gasteiger charge is 2.41. The molecule has 1 amide bonds. The Balaban J connectivity index is 2.13. The predicted octanol–water partition coefficient (Wildman–Crippen LogP) is 1.93. The first-order chi connectivity index (χ1) is 9.84. The van der Waals surface area contributed by atoms with E-state index in [1.165, 1.54) is 4.68 Å². The zero-order chi connectivity index (χ0) is 15.6. The van der Waals surface area contributed by atoms with E-state index in [4.69, 9.17) is 16.7 Å². The van der Waals surface area contributed by atoms with Crippen LogP contribution in [0.5, 0.6) is 0 Å². The molecular formula is C12H15ClF3N3O2. The molecule has 0 aromatic carbocycles. The van der Waals surface area contributed by atoms with Gasteiger partial charge in [-0.2, -0.15) is 18.3 Å². The number of nitrogens with zero attached hydrogens (tertiary/aromatic N) is 2. The van der Waals surface area contributed by atoms with Gasteiger partial charge in [-0.3, -0.25) is 9.48 Å².